The molecule has 2 heterocycles. The standard InChI is InChI=1S/C25H29N3O2/c1-3-4-5-19-8-12-22(13-9-19)25(29)28-16-14-21(15-17-28)24-26-23(27-30-24)20-10-6-18(2)7-11-20/h6-13,21H,3-5,14-17H2,1-2H3. The van der Waals surface area contributed by atoms with Gasteiger partial charge in [-0.15, -0.1) is 0 Å². The Hall–Kier alpha value is -2.95. The van der Waals surface area contributed by atoms with Crippen LogP contribution in [0.25, 0.3) is 11.4 Å². The highest BCUT2D eigenvalue weighted by molar-refractivity contribution is 5.94. The number of likely N-dealkylation sites (tertiary alicyclic amines) is 1. The summed E-state index contributed by atoms with van der Waals surface area (Å²) in [6.07, 6.45) is 5.13. The number of aryl methyl sites for hydroxylation is 2. The van der Waals surface area contributed by atoms with Gasteiger partial charge in [-0.25, -0.2) is 0 Å². The predicted octanol–water partition coefficient (Wildman–Crippen LogP) is 5.41. The van der Waals surface area contributed by atoms with Crippen molar-refractivity contribution in [1.82, 2.24) is 15.0 Å². The number of hydrogen-bond acceptors (Lipinski definition) is 4. The average molecular weight is 404 g/mol. The van der Waals surface area contributed by atoms with E-state index < -0.39 is 0 Å². The summed E-state index contributed by atoms with van der Waals surface area (Å²) in [6, 6.07) is 16.2. The molecule has 0 radical (unpaired) electrons. The van der Waals surface area contributed by atoms with Crippen LogP contribution in [0.4, 0.5) is 0 Å². The SMILES string of the molecule is CCCCc1ccc(C(=O)N2CCC(c3nc(-c4ccc(C)cc4)no3)CC2)cc1. The Morgan fingerprint density at radius 1 is 1.07 bits per heavy atom. The first-order chi connectivity index (χ1) is 14.6. The van der Waals surface area contributed by atoms with Crippen LogP contribution >= 0.6 is 0 Å². The van der Waals surface area contributed by atoms with Gasteiger partial charge in [0.15, 0.2) is 0 Å². The summed E-state index contributed by atoms with van der Waals surface area (Å²) in [4.78, 5) is 19.4. The summed E-state index contributed by atoms with van der Waals surface area (Å²) in [7, 11) is 0. The van der Waals surface area contributed by atoms with E-state index in [9.17, 15) is 4.79 Å². The molecule has 1 fully saturated rings. The van der Waals surface area contributed by atoms with E-state index in [1.165, 1.54) is 24.0 Å². The van der Waals surface area contributed by atoms with Crippen molar-refractivity contribution in [3.63, 3.8) is 0 Å². The molecule has 4 rings (SSSR count). The molecule has 0 N–H and O–H groups in total. The van der Waals surface area contributed by atoms with Gasteiger partial charge in [-0.3, -0.25) is 4.79 Å². The summed E-state index contributed by atoms with van der Waals surface area (Å²) in [5.74, 6) is 1.63. The molecule has 2 aromatic carbocycles. The van der Waals surface area contributed by atoms with E-state index in [1.54, 1.807) is 0 Å². The minimum absolute atomic E-state index is 0.112. The lowest BCUT2D eigenvalue weighted by molar-refractivity contribution is 0.0704. The van der Waals surface area contributed by atoms with E-state index in [0.29, 0.717) is 24.8 Å². The largest absolute Gasteiger partial charge is 0.339 e. The number of carbonyl (C=O) groups excluding carboxylic acids is 1. The van der Waals surface area contributed by atoms with Gasteiger partial charge in [0, 0.05) is 30.1 Å². The lowest BCUT2D eigenvalue weighted by Crippen LogP contribution is -2.38. The molecule has 1 amide bonds. The maximum Gasteiger partial charge on any atom is 0.253 e. The first-order valence-electron chi connectivity index (χ1n) is 10.9. The maximum absolute atomic E-state index is 12.9. The molecule has 0 saturated carbocycles. The molecule has 0 spiro atoms. The molecule has 3 aromatic rings. The van der Waals surface area contributed by atoms with Crippen LogP contribution in [0.3, 0.4) is 0 Å². The van der Waals surface area contributed by atoms with Crippen molar-refractivity contribution in [3.8, 4) is 11.4 Å². The second kappa shape index (κ2) is 9.24. The Morgan fingerprint density at radius 3 is 2.43 bits per heavy atom. The minimum Gasteiger partial charge on any atom is -0.339 e. The molecule has 1 saturated heterocycles. The van der Waals surface area contributed by atoms with E-state index in [2.05, 4.69) is 36.1 Å². The van der Waals surface area contributed by atoms with E-state index in [-0.39, 0.29) is 11.8 Å². The first-order valence-corrected chi connectivity index (χ1v) is 10.9. The second-order valence-electron chi connectivity index (χ2n) is 8.19. The summed E-state index contributed by atoms with van der Waals surface area (Å²) < 4.78 is 5.55. The number of nitrogens with zero attached hydrogens (tertiary/aromatic N) is 3. The fourth-order valence-corrected chi connectivity index (χ4v) is 3.93. The van der Waals surface area contributed by atoms with Gasteiger partial charge in [0.1, 0.15) is 0 Å². The van der Waals surface area contributed by atoms with Gasteiger partial charge in [0.2, 0.25) is 11.7 Å². The van der Waals surface area contributed by atoms with E-state index in [0.717, 1.165) is 30.4 Å². The van der Waals surface area contributed by atoms with Crippen LogP contribution in [-0.2, 0) is 6.42 Å². The molecule has 1 aromatic heterocycles. The van der Waals surface area contributed by atoms with Crippen molar-refractivity contribution in [2.45, 2.75) is 51.9 Å². The van der Waals surface area contributed by atoms with Crippen LogP contribution in [0.1, 0.15) is 65.9 Å². The van der Waals surface area contributed by atoms with Gasteiger partial charge < -0.3 is 9.42 Å². The van der Waals surface area contributed by atoms with Crippen LogP contribution < -0.4 is 0 Å². The van der Waals surface area contributed by atoms with Crippen molar-refractivity contribution in [2.75, 3.05) is 13.1 Å². The van der Waals surface area contributed by atoms with Crippen molar-refractivity contribution in [2.24, 2.45) is 0 Å². The number of rotatable bonds is 6. The van der Waals surface area contributed by atoms with Gasteiger partial charge >= 0.3 is 0 Å². The van der Waals surface area contributed by atoms with Crippen LogP contribution in [0.2, 0.25) is 0 Å². The first kappa shape index (κ1) is 20.3. The molecule has 5 heteroatoms. The zero-order chi connectivity index (χ0) is 20.9. The minimum atomic E-state index is 0.112. The van der Waals surface area contributed by atoms with Crippen molar-refractivity contribution < 1.29 is 9.32 Å². The highest BCUT2D eigenvalue weighted by Gasteiger charge is 2.28. The van der Waals surface area contributed by atoms with Gasteiger partial charge in [-0.2, -0.15) is 4.98 Å². The third-order valence-electron chi connectivity index (χ3n) is 5.90. The van der Waals surface area contributed by atoms with E-state index >= 15 is 0 Å². The van der Waals surface area contributed by atoms with Gasteiger partial charge in [-0.1, -0.05) is 60.5 Å². The third kappa shape index (κ3) is 4.61. The molecule has 0 unspecified atom stereocenters. The zero-order valence-corrected chi connectivity index (χ0v) is 17.8. The molecule has 1 aliphatic heterocycles. The lowest BCUT2D eigenvalue weighted by atomic mass is 9.96. The predicted molar refractivity (Wildman–Crippen MR) is 117 cm³/mol. The van der Waals surface area contributed by atoms with Crippen LogP contribution in [0.5, 0.6) is 0 Å². The van der Waals surface area contributed by atoms with Gasteiger partial charge in [-0.05, 0) is 50.3 Å². The normalized spacial score (nSPS) is 14.8. The highest BCUT2D eigenvalue weighted by atomic mass is 16.5. The summed E-state index contributed by atoms with van der Waals surface area (Å²) in [5, 5.41) is 4.16. The number of piperidine rings is 1. The fourth-order valence-electron chi connectivity index (χ4n) is 3.93. The van der Waals surface area contributed by atoms with Crippen molar-refractivity contribution >= 4 is 5.91 Å². The van der Waals surface area contributed by atoms with Gasteiger partial charge in [0.05, 0.1) is 0 Å². The fraction of sp³-hybridized carbons (Fsp3) is 0.400. The Morgan fingerprint density at radius 2 is 1.77 bits per heavy atom. The monoisotopic (exact) mass is 403 g/mol. The Kier molecular flexibility index (Phi) is 6.26. The molecule has 156 valence electrons. The summed E-state index contributed by atoms with van der Waals surface area (Å²) in [6.45, 7) is 5.67. The van der Waals surface area contributed by atoms with E-state index in [1.807, 2.05) is 41.3 Å². The summed E-state index contributed by atoms with van der Waals surface area (Å²) >= 11 is 0. The van der Waals surface area contributed by atoms with E-state index in [4.69, 9.17) is 4.52 Å². The number of unbranched alkanes of at least 4 members (excludes halogenated alkanes) is 1. The highest BCUT2D eigenvalue weighted by Crippen LogP contribution is 2.29. The molecular weight excluding hydrogens is 374 g/mol. The Bertz CT molecular complexity index is 968. The molecule has 1 aliphatic rings. The maximum atomic E-state index is 12.9. The Labute approximate surface area is 178 Å². The molecule has 0 bridgehead atoms. The second-order valence-corrected chi connectivity index (χ2v) is 8.19. The zero-order valence-electron chi connectivity index (χ0n) is 17.8. The van der Waals surface area contributed by atoms with Crippen molar-refractivity contribution in [3.05, 3.63) is 71.1 Å². The smallest absolute Gasteiger partial charge is 0.253 e. The molecule has 0 aliphatic carbocycles. The number of benzene rings is 2. The van der Waals surface area contributed by atoms with Crippen LogP contribution in [0.15, 0.2) is 53.1 Å². The van der Waals surface area contributed by atoms with Crippen LogP contribution in [-0.4, -0.2) is 34.0 Å². The topological polar surface area (TPSA) is 59.2 Å². The quantitative estimate of drug-likeness (QED) is 0.552. The molecule has 30 heavy (non-hydrogen) atoms. The number of carbonyl (C=O) groups is 1. The Balaban J connectivity index is 1.34. The lowest BCUT2D eigenvalue weighted by Gasteiger charge is -2.30. The number of aromatic nitrogens is 2. The van der Waals surface area contributed by atoms with Crippen molar-refractivity contribution in [1.29, 1.82) is 0 Å². The summed E-state index contributed by atoms with van der Waals surface area (Å²) in [5.41, 5.74) is 4.24. The van der Waals surface area contributed by atoms with Gasteiger partial charge in [0.25, 0.3) is 5.91 Å². The number of amides is 1. The number of hydrogen-bond donors (Lipinski definition) is 0. The molecule has 0 atom stereocenters. The third-order valence-corrected chi connectivity index (χ3v) is 5.90. The van der Waals surface area contributed by atoms with Crippen LogP contribution in [0, 0.1) is 6.92 Å². The average Bonchev–Trinajstić information content (AvgIpc) is 3.28. The molecule has 5 nitrogen and oxygen atoms in total. The molecular formula is C25H29N3O2.